The van der Waals surface area contributed by atoms with Crippen LogP contribution in [0.15, 0.2) is 0 Å². The molecule has 0 radical (unpaired) electrons. The van der Waals surface area contributed by atoms with Gasteiger partial charge >= 0.3 is 0 Å². The van der Waals surface area contributed by atoms with Crippen LogP contribution in [0.3, 0.4) is 0 Å². The van der Waals surface area contributed by atoms with Crippen LogP contribution in [-0.2, 0) is 4.79 Å². The van der Waals surface area contributed by atoms with Gasteiger partial charge in [0.25, 0.3) is 0 Å². The quantitative estimate of drug-likeness (QED) is 0.769. The molecule has 0 aromatic rings. The summed E-state index contributed by atoms with van der Waals surface area (Å²) in [5.41, 5.74) is 0.263. The van der Waals surface area contributed by atoms with Crippen molar-refractivity contribution in [1.82, 2.24) is 10.6 Å². The first kappa shape index (κ1) is 13.5. The Hall–Kier alpha value is -0.570. The van der Waals surface area contributed by atoms with E-state index in [2.05, 4.69) is 38.3 Å². The average molecular weight is 226 g/mol. The van der Waals surface area contributed by atoms with Gasteiger partial charge in [0.2, 0.25) is 5.91 Å². The van der Waals surface area contributed by atoms with Crippen LogP contribution in [0.1, 0.15) is 47.0 Å². The van der Waals surface area contributed by atoms with E-state index >= 15 is 0 Å². The molecule has 0 aliphatic carbocycles. The predicted molar refractivity (Wildman–Crippen MR) is 67.3 cm³/mol. The van der Waals surface area contributed by atoms with E-state index in [4.69, 9.17) is 0 Å². The SMILES string of the molecule is CC(CNC(=O)CC1CCCN1)C(C)(C)C. The van der Waals surface area contributed by atoms with E-state index in [0.29, 0.717) is 18.4 Å². The Morgan fingerprint density at radius 3 is 2.69 bits per heavy atom. The molecule has 0 spiro atoms. The summed E-state index contributed by atoms with van der Waals surface area (Å²) < 4.78 is 0. The van der Waals surface area contributed by atoms with Crippen LogP contribution in [-0.4, -0.2) is 25.0 Å². The van der Waals surface area contributed by atoms with Crippen LogP contribution < -0.4 is 10.6 Å². The third kappa shape index (κ3) is 4.52. The highest BCUT2D eigenvalue weighted by Crippen LogP contribution is 2.24. The lowest BCUT2D eigenvalue weighted by Crippen LogP contribution is -2.36. The maximum Gasteiger partial charge on any atom is 0.221 e. The smallest absolute Gasteiger partial charge is 0.221 e. The molecular weight excluding hydrogens is 200 g/mol. The van der Waals surface area contributed by atoms with E-state index in [-0.39, 0.29) is 11.3 Å². The summed E-state index contributed by atoms with van der Waals surface area (Å²) >= 11 is 0. The molecule has 16 heavy (non-hydrogen) atoms. The van der Waals surface area contributed by atoms with Crippen LogP contribution >= 0.6 is 0 Å². The number of hydrogen-bond donors (Lipinski definition) is 2. The average Bonchev–Trinajstić information content (AvgIpc) is 2.65. The largest absolute Gasteiger partial charge is 0.356 e. The Morgan fingerprint density at radius 2 is 2.19 bits per heavy atom. The molecule has 1 fully saturated rings. The van der Waals surface area contributed by atoms with Gasteiger partial charge in [-0.3, -0.25) is 4.79 Å². The Kier molecular flexibility index (Phi) is 4.78. The fourth-order valence-corrected chi connectivity index (χ4v) is 1.80. The van der Waals surface area contributed by atoms with Gasteiger partial charge < -0.3 is 10.6 Å². The zero-order valence-corrected chi connectivity index (χ0v) is 11.1. The maximum absolute atomic E-state index is 11.7. The molecular formula is C13H26N2O. The Morgan fingerprint density at radius 1 is 1.50 bits per heavy atom. The fourth-order valence-electron chi connectivity index (χ4n) is 1.80. The number of carbonyl (C=O) groups excluding carboxylic acids is 1. The highest BCUT2D eigenvalue weighted by atomic mass is 16.1. The molecule has 1 rings (SSSR count). The molecule has 3 heteroatoms. The van der Waals surface area contributed by atoms with Gasteiger partial charge in [-0.1, -0.05) is 27.7 Å². The minimum absolute atomic E-state index is 0.190. The number of nitrogens with one attached hydrogen (secondary N) is 2. The second-order valence-corrected chi connectivity index (χ2v) is 6.07. The minimum atomic E-state index is 0.190. The van der Waals surface area contributed by atoms with E-state index in [9.17, 15) is 4.79 Å². The van der Waals surface area contributed by atoms with Crippen LogP contribution in [0.2, 0.25) is 0 Å². The molecule has 1 saturated heterocycles. The van der Waals surface area contributed by atoms with Crippen molar-refractivity contribution in [3.63, 3.8) is 0 Å². The third-order valence-corrected chi connectivity index (χ3v) is 3.68. The van der Waals surface area contributed by atoms with Gasteiger partial charge in [0.1, 0.15) is 0 Å². The summed E-state index contributed by atoms with van der Waals surface area (Å²) in [6.07, 6.45) is 2.98. The molecule has 2 N–H and O–H groups in total. The maximum atomic E-state index is 11.7. The number of rotatable bonds is 4. The first-order chi connectivity index (χ1) is 7.39. The Labute approximate surface area is 99.4 Å². The van der Waals surface area contributed by atoms with Crippen LogP contribution in [0.4, 0.5) is 0 Å². The van der Waals surface area contributed by atoms with E-state index < -0.39 is 0 Å². The van der Waals surface area contributed by atoms with Crippen molar-refractivity contribution in [3.8, 4) is 0 Å². The lowest BCUT2D eigenvalue weighted by molar-refractivity contribution is -0.121. The number of amides is 1. The highest BCUT2D eigenvalue weighted by molar-refractivity contribution is 5.76. The first-order valence-corrected chi connectivity index (χ1v) is 6.39. The molecule has 2 unspecified atom stereocenters. The lowest BCUT2D eigenvalue weighted by atomic mass is 9.82. The molecule has 0 aromatic heterocycles. The molecule has 1 heterocycles. The first-order valence-electron chi connectivity index (χ1n) is 6.39. The standard InChI is InChI=1S/C13H26N2O/c1-10(13(2,3)4)9-15-12(16)8-11-6-5-7-14-11/h10-11,14H,5-9H2,1-4H3,(H,15,16). The van der Waals surface area contributed by atoms with Crippen molar-refractivity contribution >= 4 is 5.91 Å². The van der Waals surface area contributed by atoms with E-state index in [1.54, 1.807) is 0 Å². The third-order valence-electron chi connectivity index (χ3n) is 3.68. The van der Waals surface area contributed by atoms with E-state index in [1.807, 2.05) is 0 Å². The molecule has 3 nitrogen and oxygen atoms in total. The summed E-state index contributed by atoms with van der Waals surface area (Å²) in [4.78, 5) is 11.7. The monoisotopic (exact) mass is 226 g/mol. The van der Waals surface area contributed by atoms with Crippen molar-refractivity contribution in [2.45, 2.75) is 53.0 Å². The molecule has 1 amide bonds. The summed E-state index contributed by atoms with van der Waals surface area (Å²) in [5, 5.41) is 6.38. The van der Waals surface area contributed by atoms with Crippen LogP contribution in [0.5, 0.6) is 0 Å². The topological polar surface area (TPSA) is 41.1 Å². The second kappa shape index (κ2) is 5.67. The highest BCUT2D eigenvalue weighted by Gasteiger charge is 2.21. The van der Waals surface area contributed by atoms with E-state index in [1.165, 1.54) is 6.42 Å². The zero-order chi connectivity index (χ0) is 12.2. The van der Waals surface area contributed by atoms with E-state index in [0.717, 1.165) is 19.5 Å². The molecule has 0 bridgehead atoms. The lowest BCUT2D eigenvalue weighted by Gasteiger charge is -2.27. The molecule has 0 aromatic carbocycles. The van der Waals surface area contributed by atoms with Crippen LogP contribution in [0.25, 0.3) is 0 Å². The second-order valence-electron chi connectivity index (χ2n) is 6.07. The van der Waals surface area contributed by atoms with Gasteiger partial charge in [-0.05, 0) is 30.7 Å². The van der Waals surface area contributed by atoms with Gasteiger partial charge in [-0.15, -0.1) is 0 Å². The molecule has 2 atom stereocenters. The van der Waals surface area contributed by atoms with Gasteiger partial charge in [0.15, 0.2) is 0 Å². The van der Waals surface area contributed by atoms with Crippen LogP contribution in [0, 0.1) is 11.3 Å². The summed E-state index contributed by atoms with van der Waals surface area (Å²) in [7, 11) is 0. The summed E-state index contributed by atoms with van der Waals surface area (Å²) in [6, 6.07) is 0.407. The van der Waals surface area contributed by atoms with Gasteiger partial charge in [-0.25, -0.2) is 0 Å². The molecule has 94 valence electrons. The number of carbonyl (C=O) groups is 1. The molecule has 1 aliphatic heterocycles. The predicted octanol–water partition coefficient (Wildman–Crippen LogP) is 1.93. The van der Waals surface area contributed by atoms with Crippen molar-refractivity contribution in [1.29, 1.82) is 0 Å². The summed E-state index contributed by atoms with van der Waals surface area (Å²) in [6.45, 7) is 10.7. The van der Waals surface area contributed by atoms with Crippen molar-refractivity contribution in [2.24, 2.45) is 11.3 Å². The van der Waals surface area contributed by atoms with Gasteiger partial charge in [0, 0.05) is 19.0 Å². The van der Waals surface area contributed by atoms with Gasteiger partial charge in [-0.2, -0.15) is 0 Å². The number of hydrogen-bond acceptors (Lipinski definition) is 2. The molecule has 1 aliphatic rings. The Bertz CT molecular complexity index is 227. The van der Waals surface area contributed by atoms with Crippen molar-refractivity contribution in [2.75, 3.05) is 13.1 Å². The Balaban J connectivity index is 2.19. The normalized spacial score (nSPS) is 23.1. The minimum Gasteiger partial charge on any atom is -0.356 e. The van der Waals surface area contributed by atoms with Crippen molar-refractivity contribution < 1.29 is 4.79 Å². The summed E-state index contributed by atoms with van der Waals surface area (Å²) in [5.74, 6) is 0.698. The molecule has 0 saturated carbocycles. The van der Waals surface area contributed by atoms with Gasteiger partial charge in [0.05, 0.1) is 0 Å². The fraction of sp³-hybridized carbons (Fsp3) is 0.923. The van der Waals surface area contributed by atoms with Crippen molar-refractivity contribution in [3.05, 3.63) is 0 Å². The zero-order valence-electron chi connectivity index (χ0n) is 11.1.